The van der Waals surface area contributed by atoms with Crippen molar-refractivity contribution >= 4 is 40.0 Å². The molecule has 0 aliphatic carbocycles. The molecule has 29 heavy (non-hydrogen) atoms. The summed E-state index contributed by atoms with van der Waals surface area (Å²) in [6.45, 7) is 8.21. The topological polar surface area (TPSA) is 63.6 Å². The highest BCUT2D eigenvalue weighted by atomic mass is 32.2. The number of fused-ring (bicyclic) bond motifs is 3. The van der Waals surface area contributed by atoms with E-state index in [4.69, 9.17) is 4.42 Å². The van der Waals surface area contributed by atoms with Crippen molar-refractivity contribution in [1.29, 1.82) is 0 Å². The molecule has 0 unspecified atom stereocenters. The quantitative estimate of drug-likeness (QED) is 0.330. The van der Waals surface area contributed by atoms with Gasteiger partial charge in [-0.2, -0.15) is 0 Å². The predicted octanol–water partition coefficient (Wildman–Crippen LogP) is 4.66. The van der Waals surface area contributed by atoms with Gasteiger partial charge in [0.15, 0.2) is 5.58 Å². The van der Waals surface area contributed by atoms with Crippen molar-refractivity contribution < 1.29 is 9.21 Å². The van der Waals surface area contributed by atoms with Crippen molar-refractivity contribution in [1.82, 2.24) is 14.6 Å². The standard InChI is InChI=1S/C22H22N4O2S/c1-4-11-25(16-9-7-6-8-10-16)21(27)14-29-22-18-13-19-17(12-15(3)28-19)26(18)20(5-2)23-24-22/h4,6-10,12-13H,1,5,11,14H2,2-3H3. The first kappa shape index (κ1) is 19.3. The summed E-state index contributed by atoms with van der Waals surface area (Å²) in [6.07, 6.45) is 2.48. The molecule has 0 aliphatic heterocycles. The molecule has 0 radical (unpaired) electrons. The smallest absolute Gasteiger partial charge is 0.237 e. The zero-order valence-corrected chi connectivity index (χ0v) is 17.3. The Morgan fingerprint density at radius 1 is 1.24 bits per heavy atom. The number of thioether (sulfide) groups is 1. The van der Waals surface area contributed by atoms with Gasteiger partial charge in [-0.25, -0.2) is 0 Å². The Balaban J connectivity index is 1.63. The van der Waals surface area contributed by atoms with Crippen LogP contribution in [0.4, 0.5) is 5.69 Å². The Kier molecular flexibility index (Phi) is 5.40. The maximum atomic E-state index is 12.9. The fourth-order valence-corrected chi connectivity index (χ4v) is 4.19. The van der Waals surface area contributed by atoms with Crippen molar-refractivity contribution in [3.63, 3.8) is 0 Å². The first-order valence-electron chi connectivity index (χ1n) is 9.48. The van der Waals surface area contributed by atoms with Crippen LogP contribution in [0.2, 0.25) is 0 Å². The van der Waals surface area contributed by atoms with Crippen LogP contribution in [0, 0.1) is 6.92 Å². The minimum atomic E-state index is -0.00768. The minimum absolute atomic E-state index is 0.00768. The molecule has 148 valence electrons. The van der Waals surface area contributed by atoms with E-state index in [2.05, 4.69) is 21.2 Å². The molecular weight excluding hydrogens is 384 g/mol. The second-order valence-corrected chi connectivity index (χ2v) is 7.63. The van der Waals surface area contributed by atoms with E-state index in [1.807, 2.05) is 56.3 Å². The number of rotatable bonds is 7. The third-order valence-electron chi connectivity index (χ3n) is 4.68. The lowest BCUT2D eigenvalue weighted by molar-refractivity contribution is -0.116. The Labute approximate surface area is 173 Å². The monoisotopic (exact) mass is 406 g/mol. The van der Waals surface area contributed by atoms with Gasteiger partial charge in [0.25, 0.3) is 0 Å². The van der Waals surface area contributed by atoms with Crippen molar-refractivity contribution in [2.45, 2.75) is 25.3 Å². The number of aryl methyl sites for hydroxylation is 2. The number of amides is 1. The fraction of sp³-hybridized carbons (Fsp3) is 0.227. The number of carbonyl (C=O) groups is 1. The third kappa shape index (κ3) is 3.65. The number of anilines is 1. The second kappa shape index (κ2) is 8.13. The first-order chi connectivity index (χ1) is 14.1. The third-order valence-corrected chi connectivity index (χ3v) is 5.63. The summed E-state index contributed by atoms with van der Waals surface area (Å²) in [4.78, 5) is 14.6. The number of aromatic nitrogens is 3. The Morgan fingerprint density at radius 2 is 2.03 bits per heavy atom. The highest BCUT2D eigenvalue weighted by Crippen LogP contribution is 2.30. The van der Waals surface area contributed by atoms with E-state index in [-0.39, 0.29) is 11.7 Å². The molecule has 7 heteroatoms. The van der Waals surface area contributed by atoms with E-state index in [0.717, 1.165) is 40.3 Å². The highest BCUT2D eigenvalue weighted by Gasteiger charge is 2.19. The molecule has 6 nitrogen and oxygen atoms in total. The molecule has 4 aromatic rings. The summed E-state index contributed by atoms with van der Waals surface area (Å²) >= 11 is 1.39. The van der Waals surface area contributed by atoms with E-state index < -0.39 is 0 Å². The van der Waals surface area contributed by atoms with Gasteiger partial charge in [0.1, 0.15) is 16.6 Å². The van der Waals surface area contributed by atoms with Crippen LogP contribution in [-0.2, 0) is 11.2 Å². The molecule has 3 aromatic heterocycles. The summed E-state index contributed by atoms with van der Waals surface area (Å²) in [6, 6.07) is 13.6. The molecule has 0 saturated heterocycles. The molecule has 3 heterocycles. The van der Waals surface area contributed by atoms with Gasteiger partial charge in [0, 0.05) is 30.8 Å². The second-order valence-electron chi connectivity index (χ2n) is 6.66. The first-order valence-corrected chi connectivity index (χ1v) is 10.5. The van der Waals surface area contributed by atoms with Crippen molar-refractivity contribution in [2.24, 2.45) is 0 Å². The lowest BCUT2D eigenvalue weighted by Crippen LogP contribution is -2.32. The van der Waals surface area contributed by atoms with E-state index in [0.29, 0.717) is 11.6 Å². The Morgan fingerprint density at radius 3 is 2.76 bits per heavy atom. The van der Waals surface area contributed by atoms with Crippen LogP contribution in [0.1, 0.15) is 18.5 Å². The molecule has 1 amide bonds. The normalized spacial score (nSPS) is 11.2. The van der Waals surface area contributed by atoms with E-state index in [1.54, 1.807) is 11.0 Å². The maximum absolute atomic E-state index is 12.9. The molecular formula is C22H22N4O2S. The molecule has 0 saturated carbocycles. The zero-order chi connectivity index (χ0) is 20.4. The summed E-state index contributed by atoms with van der Waals surface area (Å²) in [5, 5.41) is 9.48. The lowest BCUT2D eigenvalue weighted by atomic mass is 10.3. The minimum Gasteiger partial charge on any atom is -0.460 e. The molecule has 1 aromatic carbocycles. The van der Waals surface area contributed by atoms with Gasteiger partial charge >= 0.3 is 0 Å². The number of benzene rings is 1. The molecule has 0 atom stereocenters. The van der Waals surface area contributed by atoms with Gasteiger partial charge in [-0.1, -0.05) is 43.0 Å². The summed E-state index contributed by atoms with van der Waals surface area (Å²) < 4.78 is 7.86. The van der Waals surface area contributed by atoms with Gasteiger partial charge in [-0.05, 0) is 19.1 Å². The van der Waals surface area contributed by atoms with Gasteiger partial charge < -0.3 is 9.32 Å². The number of nitrogens with zero attached hydrogens (tertiary/aromatic N) is 4. The predicted molar refractivity (Wildman–Crippen MR) is 117 cm³/mol. The van der Waals surface area contributed by atoms with Crippen molar-refractivity contribution in [3.05, 3.63) is 66.7 Å². The number of furan rings is 1. The molecule has 0 spiro atoms. The Bertz CT molecular complexity index is 1180. The van der Waals surface area contributed by atoms with Crippen LogP contribution in [0.3, 0.4) is 0 Å². The molecule has 4 rings (SSSR count). The maximum Gasteiger partial charge on any atom is 0.237 e. The lowest BCUT2D eigenvalue weighted by Gasteiger charge is -2.21. The van der Waals surface area contributed by atoms with E-state index in [9.17, 15) is 4.79 Å². The number of para-hydroxylation sites is 1. The largest absolute Gasteiger partial charge is 0.460 e. The highest BCUT2D eigenvalue weighted by molar-refractivity contribution is 8.00. The molecule has 0 aliphatic rings. The molecule has 0 N–H and O–H groups in total. The van der Waals surface area contributed by atoms with Crippen LogP contribution in [0.5, 0.6) is 0 Å². The summed E-state index contributed by atoms with van der Waals surface area (Å²) in [7, 11) is 0. The van der Waals surface area contributed by atoms with Gasteiger partial charge in [-0.15, -0.1) is 16.8 Å². The summed E-state index contributed by atoms with van der Waals surface area (Å²) in [5.41, 5.74) is 3.55. The number of hydrogen-bond donors (Lipinski definition) is 0. The van der Waals surface area contributed by atoms with E-state index in [1.165, 1.54) is 11.8 Å². The van der Waals surface area contributed by atoms with Crippen molar-refractivity contribution in [3.8, 4) is 0 Å². The SMILES string of the molecule is C=CCN(C(=O)CSc1nnc(CC)n2c1cc1oc(C)cc12)c1ccccc1. The molecule has 0 bridgehead atoms. The van der Waals surface area contributed by atoms with E-state index >= 15 is 0 Å². The fourth-order valence-electron chi connectivity index (χ4n) is 3.38. The molecule has 0 fully saturated rings. The van der Waals surface area contributed by atoms with Crippen molar-refractivity contribution in [2.75, 3.05) is 17.2 Å². The van der Waals surface area contributed by atoms with Gasteiger partial charge in [-0.3, -0.25) is 9.20 Å². The van der Waals surface area contributed by atoms with Crippen LogP contribution >= 0.6 is 11.8 Å². The zero-order valence-electron chi connectivity index (χ0n) is 16.5. The van der Waals surface area contributed by atoms with Crippen LogP contribution < -0.4 is 4.90 Å². The number of carbonyl (C=O) groups excluding carboxylic acids is 1. The van der Waals surface area contributed by atoms with Gasteiger partial charge in [0.05, 0.1) is 16.8 Å². The average molecular weight is 407 g/mol. The van der Waals surface area contributed by atoms with Crippen LogP contribution in [0.25, 0.3) is 16.6 Å². The summed E-state index contributed by atoms with van der Waals surface area (Å²) in [5.74, 6) is 1.97. The van der Waals surface area contributed by atoms with Crippen LogP contribution in [-0.4, -0.2) is 32.8 Å². The van der Waals surface area contributed by atoms with Crippen LogP contribution in [0.15, 0.2) is 64.6 Å². The number of hydrogen-bond acceptors (Lipinski definition) is 5. The van der Waals surface area contributed by atoms with Gasteiger partial charge in [0.2, 0.25) is 5.91 Å². The Hall–Kier alpha value is -3.06. The average Bonchev–Trinajstić information content (AvgIpc) is 3.27.